The Kier molecular flexibility index (Phi) is 4.20. The van der Waals surface area contributed by atoms with Gasteiger partial charge in [0.2, 0.25) is 0 Å². The Morgan fingerprint density at radius 2 is 2.00 bits per heavy atom. The van der Waals surface area contributed by atoms with E-state index in [2.05, 4.69) is 0 Å². The Morgan fingerprint density at radius 1 is 1.32 bits per heavy atom. The second-order valence-electron chi connectivity index (χ2n) is 7.15. The van der Waals surface area contributed by atoms with E-state index < -0.39 is 28.8 Å². The van der Waals surface area contributed by atoms with E-state index in [1.165, 1.54) is 0 Å². The zero-order chi connectivity index (χ0) is 18.6. The number of nitrogen functional groups attached to an aromatic ring is 1. The zero-order valence-corrected chi connectivity index (χ0v) is 14.3. The van der Waals surface area contributed by atoms with Gasteiger partial charge in [0.05, 0.1) is 5.69 Å². The fraction of sp³-hybridized carbons (Fsp3) is 0.526. The predicted octanol–water partition coefficient (Wildman–Crippen LogP) is 5.13. The lowest BCUT2D eigenvalue weighted by molar-refractivity contribution is -0.130. The molecule has 136 valence electrons. The molecule has 1 unspecified atom stereocenters. The fourth-order valence-corrected chi connectivity index (χ4v) is 4.38. The molecular weight excluding hydrogens is 334 g/mol. The van der Waals surface area contributed by atoms with Crippen LogP contribution in [-0.4, -0.2) is 12.0 Å². The maximum atomic E-state index is 14.2. The van der Waals surface area contributed by atoms with Crippen LogP contribution < -0.4 is 5.73 Å². The molecular formula is C19H21F4NO. The van der Waals surface area contributed by atoms with Gasteiger partial charge in [0, 0.05) is 11.8 Å². The van der Waals surface area contributed by atoms with Crippen molar-refractivity contribution in [1.29, 1.82) is 0 Å². The molecule has 0 fully saturated rings. The molecule has 0 heterocycles. The normalized spacial score (nSPS) is 23.0. The van der Waals surface area contributed by atoms with Crippen molar-refractivity contribution < 1.29 is 22.4 Å². The van der Waals surface area contributed by atoms with Crippen LogP contribution in [0, 0.1) is 18.2 Å². The standard InChI is InChI=1S/C19H21F4NO/c1-3-4-6-18-7-5-14(25)16(19(21,22)23)15(18)11-8-13(20)17(24)10(2)12(11)9-18/h8H,3-7,9,24H2,1-2H3. The number of Topliss-reactive ketones (excluding diaryl/α,β-unsaturated/α-hetero) is 1. The molecule has 3 rings (SSSR count). The summed E-state index contributed by atoms with van der Waals surface area (Å²) in [7, 11) is 0. The molecule has 6 heteroatoms. The predicted molar refractivity (Wildman–Crippen MR) is 88.4 cm³/mol. The summed E-state index contributed by atoms with van der Waals surface area (Å²) in [6.45, 7) is 3.61. The lowest BCUT2D eigenvalue weighted by Crippen LogP contribution is -2.34. The Hall–Kier alpha value is -1.85. The summed E-state index contributed by atoms with van der Waals surface area (Å²) in [5.74, 6) is -1.62. The molecule has 0 spiro atoms. The van der Waals surface area contributed by atoms with Gasteiger partial charge in [0.1, 0.15) is 11.4 Å². The van der Waals surface area contributed by atoms with Gasteiger partial charge >= 0.3 is 6.18 Å². The molecule has 0 radical (unpaired) electrons. The van der Waals surface area contributed by atoms with Gasteiger partial charge in [0.25, 0.3) is 0 Å². The van der Waals surface area contributed by atoms with Gasteiger partial charge in [-0.05, 0) is 54.5 Å². The maximum absolute atomic E-state index is 14.2. The van der Waals surface area contributed by atoms with Crippen molar-refractivity contribution in [2.45, 2.75) is 58.5 Å². The molecule has 0 saturated heterocycles. The highest BCUT2D eigenvalue weighted by Gasteiger charge is 2.53. The number of halogens is 4. The summed E-state index contributed by atoms with van der Waals surface area (Å²) in [5, 5.41) is 0. The van der Waals surface area contributed by atoms with E-state index in [-0.39, 0.29) is 23.2 Å². The molecule has 1 atom stereocenters. The van der Waals surface area contributed by atoms with Crippen LogP contribution in [0.5, 0.6) is 0 Å². The van der Waals surface area contributed by atoms with Gasteiger partial charge in [-0.15, -0.1) is 0 Å². The van der Waals surface area contributed by atoms with Crippen molar-refractivity contribution in [2.75, 3.05) is 5.73 Å². The van der Waals surface area contributed by atoms with E-state index in [4.69, 9.17) is 5.73 Å². The van der Waals surface area contributed by atoms with Gasteiger partial charge in [-0.3, -0.25) is 4.79 Å². The molecule has 0 aliphatic heterocycles. The van der Waals surface area contributed by atoms with Crippen molar-refractivity contribution in [3.8, 4) is 0 Å². The summed E-state index contributed by atoms with van der Waals surface area (Å²) in [6.07, 6.45) is -1.94. The number of unbranched alkanes of at least 4 members (excludes halogenated alkanes) is 1. The number of nitrogens with two attached hydrogens (primary N) is 1. The van der Waals surface area contributed by atoms with Crippen molar-refractivity contribution in [1.82, 2.24) is 0 Å². The van der Waals surface area contributed by atoms with E-state index >= 15 is 0 Å². The summed E-state index contributed by atoms with van der Waals surface area (Å²) >= 11 is 0. The lowest BCUT2D eigenvalue weighted by Gasteiger charge is -2.37. The van der Waals surface area contributed by atoms with E-state index in [9.17, 15) is 22.4 Å². The average molecular weight is 355 g/mol. The first-order chi connectivity index (χ1) is 11.6. The van der Waals surface area contributed by atoms with Crippen LogP contribution in [0.3, 0.4) is 0 Å². The minimum absolute atomic E-state index is 0.00157. The van der Waals surface area contributed by atoms with Crippen LogP contribution in [0.25, 0.3) is 5.57 Å². The fourth-order valence-electron chi connectivity index (χ4n) is 4.38. The summed E-state index contributed by atoms with van der Waals surface area (Å²) in [4.78, 5) is 12.1. The molecule has 0 bridgehead atoms. The van der Waals surface area contributed by atoms with Crippen LogP contribution in [0.2, 0.25) is 0 Å². The minimum Gasteiger partial charge on any atom is -0.396 e. The van der Waals surface area contributed by atoms with Gasteiger partial charge < -0.3 is 5.73 Å². The zero-order valence-electron chi connectivity index (χ0n) is 14.3. The van der Waals surface area contributed by atoms with Crippen molar-refractivity contribution in [2.24, 2.45) is 5.41 Å². The van der Waals surface area contributed by atoms with Crippen LogP contribution in [0.1, 0.15) is 55.7 Å². The highest BCUT2D eigenvalue weighted by Crippen LogP contribution is 2.59. The van der Waals surface area contributed by atoms with Crippen LogP contribution >= 0.6 is 0 Å². The second-order valence-corrected chi connectivity index (χ2v) is 7.15. The monoisotopic (exact) mass is 355 g/mol. The van der Waals surface area contributed by atoms with Gasteiger partial charge in [-0.2, -0.15) is 13.2 Å². The van der Waals surface area contributed by atoms with Crippen LogP contribution in [0.15, 0.2) is 11.6 Å². The topological polar surface area (TPSA) is 43.1 Å². The number of alkyl halides is 3. The molecule has 2 nitrogen and oxygen atoms in total. The molecule has 2 N–H and O–H groups in total. The Bertz CT molecular complexity index is 779. The minimum atomic E-state index is -4.74. The molecule has 2 aliphatic rings. The molecule has 2 aliphatic carbocycles. The Balaban J connectivity index is 2.34. The Labute approximate surface area is 144 Å². The summed E-state index contributed by atoms with van der Waals surface area (Å²) in [6, 6.07) is 1.09. The first kappa shape index (κ1) is 18.0. The number of benzene rings is 1. The number of anilines is 1. The van der Waals surface area contributed by atoms with E-state index in [1.54, 1.807) is 6.92 Å². The summed E-state index contributed by atoms with van der Waals surface area (Å²) in [5.41, 5.74) is 5.26. The van der Waals surface area contributed by atoms with Crippen molar-refractivity contribution >= 4 is 17.0 Å². The highest BCUT2D eigenvalue weighted by atomic mass is 19.4. The number of fused-ring (bicyclic) bond motifs is 3. The molecule has 1 aromatic carbocycles. The van der Waals surface area contributed by atoms with E-state index in [0.717, 1.165) is 18.9 Å². The van der Waals surface area contributed by atoms with Crippen molar-refractivity contribution in [3.63, 3.8) is 0 Å². The molecule has 0 aromatic heterocycles. The quantitative estimate of drug-likeness (QED) is 0.603. The van der Waals surface area contributed by atoms with Gasteiger partial charge in [0.15, 0.2) is 5.78 Å². The lowest BCUT2D eigenvalue weighted by atomic mass is 9.67. The van der Waals surface area contributed by atoms with Gasteiger partial charge in [-0.25, -0.2) is 4.39 Å². The second kappa shape index (κ2) is 5.85. The number of ketones is 1. The number of rotatable bonds is 3. The van der Waals surface area contributed by atoms with E-state index in [1.807, 2.05) is 6.92 Å². The Morgan fingerprint density at radius 3 is 2.60 bits per heavy atom. The molecule has 25 heavy (non-hydrogen) atoms. The first-order valence-corrected chi connectivity index (χ1v) is 8.55. The number of allylic oxidation sites excluding steroid dienone is 2. The SMILES string of the molecule is CCCCC12CCC(=O)C(C(F)(F)F)=C1c1cc(F)c(N)c(C)c1C2. The van der Waals surface area contributed by atoms with Gasteiger partial charge in [-0.1, -0.05) is 19.8 Å². The highest BCUT2D eigenvalue weighted by molar-refractivity contribution is 6.07. The molecule has 0 saturated carbocycles. The first-order valence-electron chi connectivity index (χ1n) is 8.55. The number of hydrogen-bond donors (Lipinski definition) is 1. The summed E-state index contributed by atoms with van der Waals surface area (Å²) < 4.78 is 55.3. The molecule has 0 amide bonds. The molecule has 1 aromatic rings. The third kappa shape index (κ3) is 2.66. The number of carbonyl (C=O) groups excluding carboxylic acids is 1. The number of carbonyl (C=O) groups is 1. The maximum Gasteiger partial charge on any atom is 0.420 e. The van der Waals surface area contributed by atoms with Crippen molar-refractivity contribution in [3.05, 3.63) is 34.1 Å². The average Bonchev–Trinajstić information content (AvgIpc) is 2.85. The van der Waals surface area contributed by atoms with Crippen LogP contribution in [0.4, 0.5) is 23.2 Å². The van der Waals surface area contributed by atoms with Crippen LogP contribution in [-0.2, 0) is 11.2 Å². The smallest absolute Gasteiger partial charge is 0.396 e. The number of hydrogen-bond acceptors (Lipinski definition) is 2. The van der Waals surface area contributed by atoms with E-state index in [0.29, 0.717) is 30.4 Å². The largest absolute Gasteiger partial charge is 0.420 e. The third-order valence-electron chi connectivity index (χ3n) is 5.68. The third-order valence-corrected chi connectivity index (χ3v) is 5.68.